The normalized spacial score (nSPS) is 21.3. The van der Waals surface area contributed by atoms with E-state index in [1.54, 1.807) is 0 Å². The maximum Gasteiger partial charge on any atom is 0.272 e. The van der Waals surface area contributed by atoms with Crippen LogP contribution in [0.2, 0.25) is 5.02 Å². The molecule has 0 saturated carbocycles. The highest BCUT2D eigenvalue weighted by atomic mass is 35.5. The number of amides is 2. The van der Waals surface area contributed by atoms with E-state index in [0.717, 1.165) is 53.9 Å². The van der Waals surface area contributed by atoms with Crippen LogP contribution < -0.4 is 15.1 Å². The Hall–Kier alpha value is -3.09. The Balaban J connectivity index is 0.00000130. The third-order valence-corrected chi connectivity index (χ3v) is 7.58. The second-order valence-corrected chi connectivity index (χ2v) is 9.73. The molecule has 4 heterocycles. The van der Waals surface area contributed by atoms with Crippen LogP contribution >= 0.6 is 11.6 Å². The molecule has 1 atom stereocenters. The number of hydrogen-bond donors (Lipinski definition) is 1. The Labute approximate surface area is 217 Å². The fraction of sp³-hybridized carbons (Fsp3) is 0.379. The molecule has 1 fully saturated rings. The molecule has 6 nitrogen and oxygen atoms in total. The minimum atomic E-state index is -0.175. The molecule has 0 aromatic heterocycles. The summed E-state index contributed by atoms with van der Waals surface area (Å²) in [4.78, 5) is 30.5. The monoisotopic (exact) mass is 505 g/mol. The highest BCUT2D eigenvalue weighted by Crippen LogP contribution is 2.51. The molecule has 2 aromatic carbocycles. The van der Waals surface area contributed by atoms with Gasteiger partial charge in [0.05, 0.1) is 17.4 Å². The number of ether oxygens (including phenoxy) is 1. The lowest BCUT2D eigenvalue weighted by Gasteiger charge is -2.38. The van der Waals surface area contributed by atoms with E-state index in [1.165, 1.54) is 0 Å². The van der Waals surface area contributed by atoms with Crippen LogP contribution in [0, 0.1) is 5.92 Å². The van der Waals surface area contributed by atoms with Gasteiger partial charge >= 0.3 is 0 Å². The molecule has 4 aliphatic heterocycles. The van der Waals surface area contributed by atoms with Gasteiger partial charge in [0.25, 0.3) is 11.8 Å². The number of fused-ring (bicyclic) bond motifs is 6. The maximum absolute atomic E-state index is 13.5. The summed E-state index contributed by atoms with van der Waals surface area (Å²) in [5, 5.41) is 3.63. The molecule has 4 aliphatic rings. The van der Waals surface area contributed by atoms with Gasteiger partial charge in [-0.1, -0.05) is 51.1 Å². The second-order valence-electron chi connectivity index (χ2n) is 9.29. The Bertz CT molecular complexity index is 1280. The van der Waals surface area contributed by atoms with Gasteiger partial charge in [0.15, 0.2) is 0 Å². The van der Waals surface area contributed by atoms with Gasteiger partial charge in [0.1, 0.15) is 5.70 Å². The van der Waals surface area contributed by atoms with Crippen molar-refractivity contribution in [2.75, 3.05) is 28.3 Å². The number of carbonyl (C=O) groups excluding carboxylic acids is 2. The quantitative estimate of drug-likeness (QED) is 0.476. The lowest BCUT2D eigenvalue weighted by Crippen LogP contribution is -2.38. The molecule has 0 spiro atoms. The summed E-state index contributed by atoms with van der Waals surface area (Å²) in [5.41, 5.74) is 6.62. The topological polar surface area (TPSA) is 61.9 Å². The molecule has 2 aromatic rings. The SMILES string of the molecule is C=C(C1CCOCC1)N1/C(=C\CC)C(=O)Nc2cc3c(cc21)C1Cc2ccc(Cl)cc2N1C3=O.CC. The summed E-state index contributed by atoms with van der Waals surface area (Å²) in [6.45, 7) is 11.9. The van der Waals surface area contributed by atoms with Crippen LogP contribution in [-0.4, -0.2) is 25.0 Å². The van der Waals surface area contributed by atoms with Crippen molar-refractivity contribution in [3.63, 3.8) is 0 Å². The zero-order valence-electron chi connectivity index (χ0n) is 21.1. The number of allylic oxidation sites excluding steroid dienone is 2. The molecule has 1 unspecified atom stereocenters. The molecule has 6 rings (SSSR count). The van der Waals surface area contributed by atoms with Gasteiger partial charge in [-0.2, -0.15) is 0 Å². The van der Waals surface area contributed by atoms with Crippen molar-refractivity contribution < 1.29 is 14.3 Å². The largest absolute Gasteiger partial charge is 0.381 e. The van der Waals surface area contributed by atoms with E-state index in [4.69, 9.17) is 16.3 Å². The van der Waals surface area contributed by atoms with Crippen LogP contribution in [0.5, 0.6) is 0 Å². The Morgan fingerprint density at radius 1 is 1.17 bits per heavy atom. The minimum absolute atomic E-state index is 0.0530. The number of nitrogens with one attached hydrogen (secondary N) is 1. The Morgan fingerprint density at radius 3 is 2.64 bits per heavy atom. The summed E-state index contributed by atoms with van der Waals surface area (Å²) in [7, 11) is 0. The first-order valence-corrected chi connectivity index (χ1v) is 13.2. The van der Waals surface area contributed by atoms with Gasteiger partial charge in [0, 0.05) is 41.1 Å². The van der Waals surface area contributed by atoms with Gasteiger partial charge in [-0.15, -0.1) is 0 Å². The molecule has 1 N–H and O–H groups in total. The molecule has 0 bridgehead atoms. The zero-order chi connectivity index (χ0) is 25.6. The van der Waals surface area contributed by atoms with Crippen molar-refractivity contribution in [3.8, 4) is 0 Å². The van der Waals surface area contributed by atoms with Crippen LogP contribution in [0.15, 0.2) is 54.4 Å². The van der Waals surface area contributed by atoms with Crippen molar-refractivity contribution >= 4 is 40.5 Å². The number of halogens is 1. The summed E-state index contributed by atoms with van der Waals surface area (Å²) >= 11 is 6.25. The Morgan fingerprint density at radius 2 is 1.92 bits per heavy atom. The fourth-order valence-corrected chi connectivity index (χ4v) is 5.87. The van der Waals surface area contributed by atoms with Crippen LogP contribution in [0.25, 0.3) is 0 Å². The molecule has 0 aliphatic carbocycles. The third-order valence-electron chi connectivity index (χ3n) is 7.35. The van der Waals surface area contributed by atoms with Crippen LogP contribution in [0.4, 0.5) is 17.1 Å². The summed E-state index contributed by atoms with van der Waals surface area (Å²) in [5.74, 6) is 0.00497. The molecule has 2 amide bonds. The van der Waals surface area contributed by atoms with Crippen molar-refractivity contribution in [1.29, 1.82) is 0 Å². The van der Waals surface area contributed by atoms with E-state index < -0.39 is 0 Å². The van der Waals surface area contributed by atoms with Crippen molar-refractivity contribution in [1.82, 2.24) is 0 Å². The van der Waals surface area contributed by atoms with Crippen molar-refractivity contribution in [2.45, 2.75) is 52.5 Å². The molecular formula is C29H32ClN3O3. The van der Waals surface area contributed by atoms with Gasteiger partial charge in [-0.25, -0.2) is 0 Å². The lowest BCUT2D eigenvalue weighted by molar-refractivity contribution is -0.113. The summed E-state index contributed by atoms with van der Waals surface area (Å²) in [6, 6.07) is 9.58. The van der Waals surface area contributed by atoms with E-state index in [1.807, 2.05) is 60.9 Å². The van der Waals surface area contributed by atoms with Crippen LogP contribution in [0.1, 0.15) is 67.6 Å². The first-order valence-electron chi connectivity index (χ1n) is 12.9. The molecular weight excluding hydrogens is 474 g/mol. The number of rotatable bonds is 3. The lowest BCUT2D eigenvalue weighted by atomic mass is 9.93. The highest BCUT2D eigenvalue weighted by molar-refractivity contribution is 6.31. The smallest absolute Gasteiger partial charge is 0.272 e. The van der Waals surface area contributed by atoms with Gasteiger partial charge in [-0.05, 0) is 61.1 Å². The van der Waals surface area contributed by atoms with Crippen molar-refractivity contribution in [3.05, 3.63) is 76.1 Å². The van der Waals surface area contributed by atoms with E-state index in [-0.39, 0.29) is 23.8 Å². The average Bonchev–Trinajstić information content (AvgIpc) is 3.39. The summed E-state index contributed by atoms with van der Waals surface area (Å²) in [6.07, 6.45) is 5.17. The molecule has 36 heavy (non-hydrogen) atoms. The van der Waals surface area contributed by atoms with E-state index in [9.17, 15) is 9.59 Å². The van der Waals surface area contributed by atoms with Gasteiger partial charge < -0.3 is 19.9 Å². The number of carbonyl (C=O) groups is 2. The number of hydrogen-bond acceptors (Lipinski definition) is 4. The van der Waals surface area contributed by atoms with Gasteiger partial charge in [-0.3, -0.25) is 9.59 Å². The fourth-order valence-electron chi connectivity index (χ4n) is 5.70. The van der Waals surface area contributed by atoms with Crippen LogP contribution in [0.3, 0.4) is 0 Å². The highest BCUT2D eigenvalue weighted by Gasteiger charge is 2.45. The second kappa shape index (κ2) is 9.75. The molecule has 188 valence electrons. The predicted molar refractivity (Wildman–Crippen MR) is 145 cm³/mol. The van der Waals surface area contributed by atoms with Gasteiger partial charge in [0.2, 0.25) is 0 Å². The standard InChI is InChI=1S/C27H26ClN3O3.C2H6/c1-3-4-22-26(32)29-21-13-20-19(14-25(21)30(22)15(2)16-7-9-34-10-8-16)24-11-17-5-6-18(28)12-23(17)31(24)27(20)33;1-2/h4-6,12-14,16,24H,2-3,7-11H2,1H3,(H,29,32);1-2H3/b22-4-;. The zero-order valence-corrected chi connectivity index (χ0v) is 21.8. The third kappa shape index (κ3) is 3.84. The molecule has 1 saturated heterocycles. The van der Waals surface area contributed by atoms with E-state index >= 15 is 0 Å². The average molecular weight is 506 g/mol. The summed E-state index contributed by atoms with van der Waals surface area (Å²) < 4.78 is 5.56. The predicted octanol–water partition coefficient (Wildman–Crippen LogP) is 6.62. The first kappa shape index (κ1) is 24.6. The van der Waals surface area contributed by atoms with Crippen molar-refractivity contribution in [2.24, 2.45) is 5.92 Å². The number of anilines is 3. The maximum atomic E-state index is 13.5. The number of benzene rings is 2. The first-order chi connectivity index (χ1) is 17.5. The van der Waals surface area contributed by atoms with Crippen LogP contribution in [-0.2, 0) is 16.0 Å². The van der Waals surface area contributed by atoms with E-state index in [2.05, 4.69) is 18.0 Å². The Kier molecular flexibility index (Phi) is 6.66. The molecule has 7 heteroatoms. The minimum Gasteiger partial charge on any atom is -0.381 e. The van der Waals surface area contributed by atoms with E-state index in [0.29, 0.717) is 35.2 Å². The molecule has 0 radical (unpaired) electrons. The number of nitrogens with zero attached hydrogens (tertiary/aromatic N) is 2.